The quantitative estimate of drug-likeness (QED) is 0.814. The topological polar surface area (TPSA) is 50.2 Å². The lowest BCUT2D eigenvalue weighted by Crippen LogP contribution is -2.19. The van der Waals surface area contributed by atoms with Gasteiger partial charge in [0, 0.05) is 11.1 Å². The van der Waals surface area contributed by atoms with E-state index in [1.807, 2.05) is 30.3 Å². The molecule has 3 rings (SSSR count). The Morgan fingerprint density at radius 1 is 1.35 bits per heavy atom. The molecule has 0 fully saturated rings. The van der Waals surface area contributed by atoms with Crippen LogP contribution in [0.1, 0.15) is 30.0 Å². The molecular weight excluding hydrogens is 214 g/mol. The van der Waals surface area contributed by atoms with Gasteiger partial charge in [-0.3, -0.25) is 9.78 Å². The maximum atomic E-state index is 11.2. The number of para-hydroxylation sites is 1. The van der Waals surface area contributed by atoms with Crippen LogP contribution in [0.5, 0.6) is 0 Å². The summed E-state index contributed by atoms with van der Waals surface area (Å²) < 4.78 is 0. The van der Waals surface area contributed by atoms with Crippen LogP contribution in [0, 0.1) is 0 Å². The number of carboxylic acids is 1. The summed E-state index contributed by atoms with van der Waals surface area (Å²) in [6, 6.07) is 9.86. The van der Waals surface area contributed by atoms with Crippen LogP contribution in [0.15, 0.2) is 30.3 Å². The average Bonchev–Trinajstić information content (AvgIpc) is 2.35. The number of aliphatic carboxylic acids is 1. The lowest BCUT2D eigenvalue weighted by Gasteiger charge is -2.21. The number of carbonyl (C=O) groups is 1. The van der Waals surface area contributed by atoms with Crippen LogP contribution in [-0.4, -0.2) is 16.1 Å². The second-order valence-corrected chi connectivity index (χ2v) is 4.50. The van der Waals surface area contributed by atoms with Crippen LogP contribution in [-0.2, 0) is 11.2 Å². The Bertz CT molecular complexity index is 592. The molecule has 1 aliphatic rings. The Balaban J connectivity index is 2.22. The number of hydrogen-bond acceptors (Lipinski definition) is 2. The van der Waals surface area contributed by atoms with Gasteiger partial charge in [0.1, 0.15) is 0 Å². The number of benzene rings is 1. The van der Waals surface area contributed by atoms with E-state index in [1.165, 1.54) is 0 Å². The maximum Gasteiger partial charge on any atom is 0.311 e. The molecule has 0 radical (unpaired) electrons. The van der Waals surface area contributed by atoms with Gasteiger partial charge in [-0.1, -0.05) is 18.2 Å². The maximum absolute atomic E-state index is 11.2. The van der Waals surface area contributed by atoms with Gasteiger partial charge in [0.25, 0.3) is 0 Å². The molecule has 86 valence electrons. The molecule has 3 heteroatoms. The molecule has 0 bridgehead atoms. The fraction of sp³-hybridized carbons (Fsp3) is 0.286. The second kappa shape index (κ2) is 3.84. The summed E-state index contributed by atoms with van der Waals surface area (Å²) in [6.07, 6.45) is 2.53. The van der Waals surface area contributed by atoms with Crippen molar-refractivity contribution in [2.24, 2.45) is 0 Å². The molecule has 1 atom stereocenters. The summed E-state index contributed by atoms with van der Waals surface area (Å²) in [5.41, 5.74) is 2.82. The van der Waals surface area contributed by atoms with Crippen molar-refractivity contribution in [2.45, 2.75) is 25.2 Å². The van der Waals surface area contributed by atoms with Crippen molar-refractivity contribution >= 4 is 16.9 Å². The molecule has 1 aromatic heterocycles. The van der Waals surface area contributed by atoms with Crippen LogP contribution in [0.2, 0.25) is 0 Å². The first kappa shape index (κ1) is 10.3. The summed E-state index contributed by atoms with van der Waals surface area (Å²) in [5, 5.41) is 10.3. The minimum atomic E-state index is -0.733. The number of aromatic nitrogens is 1. The fourth-order valence-electron chi connectivity index (χ4n) is 2.56. The van der Waals surface area contributed by atoms with E-state index in [-0.39, 0.29) is 5.92 Å². The van der Waals surface area contributed by atoms with Crippen LogP contribution in [0.25, 0.3) is 10.9 Å². The highest BCUT2D eigenvalue weighted by molar-refractivity contribution is 5.83. The summed E-state index contributed by atoms with van der Waals surface area (Å²) >= 11 is 0. The number of fused-ring (bicyclic) bond motifs is 2. The van der Waals surface area contributed by atoms with E-state index in [4.69, 9.17) is 0 Å². The van der Waals surface area contributed by atoms with Crippen molar-refractivity contribution < 1.29 is 9.90 Å². The highest BCUT2D eigenvalue weighted by atomic mass is 16.4. The molecule has 2 aromatic rings. The molecule has 1 N–H and O–H groups in total. The largest absolute Gasteiger partial charge is 0.481 e. The molecule has 1 heterocycles. The molecule has 0 amide bonds. The molecule has 1 aromatic carbocycles. The van der Waals surface area contributed by atoms with E-state index in [9.17, 15) is 9.90 Å². The smallest absolute Gasteiger partial charge is 0.311 e. The number of pyridine rings is 1. The van der Waals surface area contributed by atoms with Gasteiger partial charge in [0.2, 0.25) is 0 Å². The van der Waals surface area contributed by atoms with Gasteiger partial charge in [-0.2, -0.15) is 0 Å². The van der Waals surface area contributed by atoms with Crippen molar-refractivity contribution in [3.8, 4) is 0 Å². The van der Waals surface area contributed by atoms with Gasteiger partial charge in [-0.05, 0) is 37.0 Å². The molecule has 0 saturated carbocycles. The Morgan fingerprint density at radius 2 is 2.18 bits per heavy atom. The molecule has 0 spiro atoms. The molecule has 0 saturated heterocycles. The number of nitrogens with zero attached hydrogens (tertiary/aromatic N) is 1. The van der Waals surface area contributed by atoms with Gasteiger partial charge < -0.3 is 5.11 Å². The van der Waals surface area contributed by atoms with E-state index in [0.717, 1.165) is 41.4 Å². The van der Waals surface area contributed by atoms with Crippen molar-refractivity contribution in [3.63, 3.8) is 0 Å². The zero-order valence-corrected chi connectivity index (χ0v) is 9.39. The lowest BCUT2D eigenvalue weighted by molar-refractivity contribution is -0.139. The first-order valence-electron chi connectivity index (χ1n) is 5.87. The minimum absolute atomic E-state index is 0.379. The third-order valence-corrected chi connectivity index (χ3v) is 3.42. The number of carboxylic acid groups (broad SMARTS) is 1. The van der Waals surface area contributed by atoms with Crippen LogP contribution >= 0.6 is 0 Å². The Hall–Kier alpha value is -1.90. The summed E-state index contributed by atoms with van der Waals surface area (Å²) in [5.74, 6) is -1.11. The minimum Gasteiger partial charge on any atom is -0.481 e. The van der Waals surface area contributed by atoms with E-state index >= 15 is 0 Å². The first-order chi connectivity index (χ1) is 8.25. The molecule has 0 aliphatic heterocycles. The van der Waals surface area contributed by atoms with Gasteiger partial charge in [0.15, 0.2) is 0 Å². The van der Waals surface area contributed by atoms with E-state index in [1.54, 1.807) is 0 Å². The van der Waals surface area contributed by atoms with Crippen LogP contribution < -0.4 is 0 Å². The zero-order valence-electron chi connectivity index (χ0n) is 9.39. The molecule has 17 heavy (non-hydrogen) atoms. The molecular formula is C14H13NO2. The normalized spacial score (nSPS) is 18.9. The highest BCUT2D eigenvalue weighted by Crippen LogP contribution is 2.32. The standard InChI is InChI=1S/C14H13NO2/c16-14(17)10-5-3-7-13-11(10)8-9-4-1-2-6-12(9)15-13/h1-2,4,6,8,10H,3,5,7H2,(H,16,17). The van der Waals surface area contributed by atoms with Gasteiger partial charge >= 0.3 is 5.97 Å². The summed E-state index contributed by atoms with van der Waals surface area (Å²) in [7, 11) is 0. The highest BCUT2D eigenvalue weighted by Gasteiger charge is 2.27. The van der Waals surface area contributed by atoms with Crippen molar-refractivity contribution in [3.05, 3.63) is 41.6 Å². The zero-order chi connectivity index (χ0) is 11.8. The molecule has 3 nitrogen and oxygen atoms in total. The van der Waals surface area contributed by atoms with Crippen LogP contribution in [0.3, 0.4) is 0 Å². The molecule has 1 aliphatic carbocycles. The van der Waals surface area contributed by atoms with Gasteiger partial charge in [-0.25, -0.2) is 0 Å². The lowest BCUT2D eigenvalue weighted by atomic mass is 9.85. The van der Waals surface area contributed by atoms with E-state index in [2.05, 4.69) is 4.98 Å². The SMILES string of the molecule is O=C(O)C1CCCc2nc3ccccc3cc21. The van der Waals surface area contributed by atoms with Gasteiger partial charge in [-0.15, -0.1) is 0 Å². The fourth-order valence-corrected chi connectivity index (χ4v) is 2.56. The Morgan fingerprint density at radius 3 is 3.00 bits per heavy atom. The second-order valence-electron chi connectivity index (χ2n) is 4.50. The van der Waals surface area contributed by atoms with Crippen molar-refractivity contribution in [2.75, 3.05) is 0 Å². The van der Waals surface area contributed by atoms with Crippen molar-refractivity contribution in [1.82, 2.24) is 4.98 Å². The third kappa shape index (κ3) is 1.68. The summed E-state index contributed by atoms with van der Waals surface area (Å²) in [4.78, 5) is 15.8. The van der Waals surface area contributed by atoms with Crippen molar-refractivity contribution in [1.29, 1.82) is 0 Å². The monoisotopic (exact) mass is 227 g/mol. The van der Waals surface area contributed by atoms with E-state index in [0.29, 0.717) is 0 Å². The first-order valence-corrected chi connectivity index (χ1v) is 5.87. The van der Waals surface area contributed by atoms with Crippen LogP contribution in [0.4, 0.5) is 0 Å². The van der Waals surface area contributed by atoms with Gasteiger partial charge in [0.05, 0.1) is 11.4 Å². The summed E-state index contributed by atoms with van der Waals surface area (Å²) in [6.45, 7) is 0. The number of hydrogen-bond donors (Lipinski definition) is 1. The third-order valence-electron chi connectivity index (χ3n) is 3.42. The van der Waals surface area contributed by atoms with E-state index < -0.39 is 5.97 Å². The Labute approximate surface area is 99.1 Å². The molecule has 1 unspecified atom stereocenters. The average molecular weight is 227 g/mol. The number of aryl methyl sites for hydroxylation is 1. The predicted octanol–water partition coefficient (Wildman–Crippen LogP) is 2.74. The predicted molar refractivity (Wildman–Crippen MR) is 65.1 cm³/mol. The number of rotatable bonds is 1. The Kier molecular flexibility index (Phi) is 2.32.